The summed E-state index contributed by atoms with van der Waals surface area (Å²) in [5.41, 5.74) is 3.72. The topological polar surface area (TPSA) is 87.7 Å². The fraction of sp³-hybridized carbons (Fsp3) is 0.400. The van der Waals surface area contributed by atoms with Gasteiger partial charge in [0.15, 0.2) is 0 Å². The lowest BCUT2D eigenvalue weighted by Gasteiger charge is -2.33. The molecule has 8 heteroatoms. The van der Waals surface area contributed by atoms with Crippen molar-refractivity contribution in [1.29, 1.82) is 0 Å². The molecule has 0 bridgehead atoms. The molecule has 3 rings (SSSR count). The molecule has 1 aliphatic rings. The maximum absolute atomic E-state index is 12.6. The van der Waals surface area contributed by atoms with E-state index in [1.807, 2.05) is 25.1 Å². The Labute approximate surface area is 164 Å². The normalized spacial score (nSPS) is 14.0. The third-order valence-corrected chi connectivity index (χ3v) is 4.75. The molecule has 1 aromatic carbocycles. The van der Waals surface area contributed by atoms with Crippen molar-refractivity contribution in [3.63, 3.8) is 0 Å². The number of rotatable bonds is 4. The third kappa shape index (κ3) is 4.57. The summed E-state index contributed by atoms with van der Waals surface area (Å²) >= 11 is 0. The van der Waals surface area contributed by atoms with Crippen LogP contribution in [0.2, 0.25) is 0 Å². The van der Waals surface area contributed by atoms with Gasteiger partial charge in [-0.1, -0.05) is 6.07 Å². The SMILES string of the molecule is CCOC(=O)N1CCN(C(=O)c2cnc(Nc3ccc(C)c(C)c3)nc2)CC1. The van der Waals surface area contributed by atoms with E-state index in [4.69, 9.17) is 4.74 Å². The van der Waals surface area contributed by atoms with Crippen molar-refractivity contribution in [1.82, 2.24) is 19.8 Å². The second kappa shape index (κ2) is 8.69. The first kappa shape index (κ1) is 19.6. The maximum Gasteiger partial charge on any atom is 0.409 e. The second-order valence-electron chi connectivity index (χ2n) is 6.70. The minimum absolute atomic E-state index is 0.138. The number of anilines is 2. The Morgan fingerprint density at radius 1 is 1.04 bits per heavy atom. The quantitative estimate of drug-likeness (QED) is 0.873. The van der Waals surface area contributed by atoms with Crippen molar-refractivity contribution in [3.8, 4) is 0 Å². The van der Waals surface area contributed by atoms with E-state index < -0.39 is 0 Å². The van der Waals surface area contributed by atoms with Crippen LogP contribution in [0.15, 0.2) is 30.6 Å². The van der Waals surface area contributed by atoms with Crippen LogP contribution < -0.4 is 5.32 Å². The summed E-state index contributed by atoms with van der Waals surface area (Å²) in [5.74, 6) is 0.299. The first-order valence-corrected chi connectivity index (χ1v) is 9.35. The maximum atomic E-state index is 12.6. The van der Waals surface area contributed by atoms with Crippen LogP contribution in [0.25, 0.3) is 0 Å². The summed E-state index contributed by atoms with van der Waals surface area (Å²) in [6.45, 7) is 8.05. The fourth-order valence-electron chi connectivity index (χ4n) is 2.94. The van der Waals surface area contributed by atoms with Crippen LogP contribution in [0.1, 0.15) is 28.4 Å². The number of piperazine rings is 1. The zero-order valence-corrected chi connectivity index (χ0v) is 16.4. The number of benzene rings is 1. The van der Waals surface area contributed by atoms with Crippen LogP contribution in [0.5, 0.6) is 0 Å². The summed E-state index contributed by atoms with van der Waals surface area (Å²) in [6.07, 6.45) is 2.71. The Kier molecular flexibility index (Phi) is 6.08. The van der Waals surface area contributed by atoms with Gasteiger partial charge in [0.2, 0.25) is 5.95 Å². The first-order valence-electron chi connectivity index (χ1n) is 9.35. The lowest BCUT2D eigenvalue weighted by Crippen LogP contribution is -2.50. The molecule has 2 heterocycles. The molecule has 0 spiro atoms. The smallest absolute Gasteiger partial charge is 0.409 e. The lowest BCUT2D eigenvalue weighted by molar-refractivity contribution is 0.0570. The summed E-state index contributed by atoms with van der Waals surface area (Å²) in [7, 11) is 0. The molecule has 2 aromatic rings. The zero-order valence-electron chi connectivity index (χ0n) is 16.4. The molecule has 0 saturated carbocycles. The lowest BCUT2D eigenvalue weighted by atomic mass is 10.1. The molecule has 1 aliphatic heterocycles. The van der Waals surface area contributed by atoms with E-state index in [2.05, 4.69) is 22.2 Å². The Hall–Kier alpha value is -3.16. The molecule has 0 unspecified atom stereocenters. The Morgan fingerprint density at radius 3 is 2.29 bits per heavy atom. The number of aryl methyl sites for hydroxylation is 2. The van der Waals surface area contributed by atoms with Gasteiger partial charge in [0.25, 0.3) is 5.91 Å². The monoisotopic (exact) mass is 383 g/mol. The summed E-state index contributed by atoms with van der Waals surface area (Å²) < 4.78 is 4.99. The van der Waals surface area contributed by atoms with Gasteiger partial charge in [-0.15, -0.1) is 0 Å². The second-order valence-corrected chi connectivity index (χ2v) is 6.70. The molecule has 8 nitrogen and oxygen atoms in total. The van der Waals surface area contributed by atoms with Gasteiger partial charge in [-0.3, -0.25) is 4.79 Å². The van der Waals surface area contributed by atoms with E-state index in [1.165, 1.54) is 23.5 Å². The highest BCUT2D eigenvalue weighted by Crippen LogP contribution is 2.17. The minimum atomic E-state index is -0.334. The number of aromatic nitrogens is 2. The molecule has 1 aromatic heterocycles. The molecular formula is C20H25N5O3. The zero-order chi connectivity index (χ0) is 20.1. The molecule has 1 fully saturated rings. The molecule has 1 saturated heterocycles. The van der Waals surface area contributed by atoms with Gasteiger partial charge in [-0.05, 0) is 44.0 Å². The molecule has 0 radical (unpaired) electrons. The van der Waals surface area contributed by atoms with Gasteiger partial charge in [0.1, 0.15) is 0 Å². The predicted octanol–water partition coefficient (Wildman–Crippen LogP) is 2.75. The van der Waals surface area contributed by atoms with Gasteiger partial charge in [0, 0.05) is 44.3 Å². The van der Waals surface area contributed by atoms with Crippen LogP contribution in [-0.4, -0.2) is 64.6 Å². The van der Waals surface area contributed by atoms with Crippen molar-refractivity contribution in [3.05, 3.63) is 47.3 Å². The minimum Gasteiger partial charge on any atom is -0.450 e. The number of carbonyl (C=O) groups excluding carboxylic acids is 2. The Bertz CT molecular complexity index is 845. The highest BCUT2D eigenvalue weighted by Gasteiger charge is 2.25. The molecule has 1 N–H and O–H groups in total. The molecule has 2 amide bonds. The molecule has 0 atom stereocenters. The largest absolute Gasteiger partial charge is 0.450 e. The van der Waals surface area contributed by atoms with Crippen LogP contribution in [0, 0.1) is 13.8 Å². The third-order valence-electron chi connectivity index (χ3n) is 4.75. The molecule has 0 aliphatic carbocycles. The fourth-order valence-corrected chi connectivity index (χ4v) is 2.94. The summed E-state index contributed by atoms with van der Waals surface area (Å²) in [5, 5.41) is 3.14. The highest BCUT2D eigenvalue weighted by atomic mass is 16.6. The van der Waals surface area contributed by atoms with E-state index in [-0.39, 0.29) is 12.0 Å². The number of amides is 2. The first-order chi connectivity index (χ1) is 13.5. The average molecular weight is 383 g/mol. The predicted molar refractivity (Wildman–Crippen MR) is 106 cm³/mol. The van der Waals surface area contributed by atoms with Crippen LogP contribution >= 0.6 is 0 Å². The highest BCUT2D eigenvalue weighted by molar-refractivity contribution is 5.93. The Morgan fingerprint density at radius 2 is 1.68 bits per heavy atom. The summed E-state index contributed by atoms with van der Waals surface area (Å²) in [6, 6.07) is 6.03. The van der Waals surface area contributed by atoms with Crippen molar-refractivity contribution in [2.45, 2.75) is 20.8 Å². The van der Waals surface area contributed by atoms with Gasteiger partial charge in [0.05, 0.1) is 12.2 Å². The standard InChI is InChI=1S/C20H25N5O3/c1-4-28-20(27)25-9-7-24(8-10-25)18(26)16-12-21-19(22-13-16)23-17-6-5-14(2)15(3)11-17/h5-6,11-13H,4,7-10H2,1-3H3,(H,21,22,23). The van der Waals surface area contributed by atoms with E-state index >= 15 is 0 Å². The van der Waals surface area contributed by atoms with E-state index in [1.54, 1.807) is 16.7 Å². The number of nitrogens with zero attached hydrogens (tertiary/aromatic N) is 4. The van der Waals surface area contributed by atoms with Crippen molar-refractivity contribution < 1.29 is 14.3 Å². The van der Waals surface area contributed by atoms with Crippen molar-refractivity contribution >= 4 is 23.6 Å². The van der Waals surface area contributed by atoms with Crippen molar-refractivity contribution in [2.24, 2.45) is 0 Å². The van der Waals surface area contributed by atoms with E-state index in [0.717, 1.165) is 5.69 Å². The van der Waals surface area contributed by atoms with Gasteiger partial charge >= 0.3 is 6.09 Å². The van der Waals surface area contributed by atoms with Crippen LogP contribution in [-0.2, 0) is 4.74 Å². The average Bonchev–Trinajstić information content (AvgIpc) is 2.71. The van der Waals surface area contributed by atoms with Gasteiger partial charge < -0.3 is 19.9 Å². The van der Waals surface area contributed by atoms with Crippen molar-refractivity contribution in [2.75, 3.05) is 38.1 Å². The number of ether oxygens (including phenoxy) is 1. The molecule has 148 valence electrons. The van der Waals surface area contributed by atoms with Gasteiger partial charge in [-0.2, -0.15) is 0 Å². The molecular weight excluding hydrogens is 358 g/mol. The number of nitrogens with one attached hydrogen (secondary N) is 1. The van der Waals surface area contributed by atoms with Gasteiger partial charge in [-0.25, -0.2) is 14.8 Å². The number of hydrogen-bond donors (Lipinski definition) is 1. The number of carbonyl (C=O) groups is 2. The number of hydrogen-bond acceptors (Lipinski definition) is 6. The Balaban J connectivity index is 1.58. The molecule has 28 heavy (non-hydrogen) atoms. The summed E-state index contributed by atoms with van der Waals surface area (Å²) in [4.78, 5) is 36.2. The van der Waals surface area contributed by atoms with Crippen LogP contribution in [0.4, 0.5) is 16.4 Å². The van der Waals surface area contributed by atoms with E-state index in [0.29, 0.717) is 44.3 Å². The van der Waals surface area contributed by atoms with Crippen LogP contribution in [0.3, 0.4) is 0 Å². The van der Waals surface area contributed by atoms with E-state index in [9.17, 15) is 9.59 Å².